The van der Waals surface area contributed by atoms with Crippen LogP contribution in [0.15, 0.2) is 23.2 Å². The summed E-state index contributed by atoms with van der Waals surface area (Å²) in [7, 11) is 5.28. The second-order valence-electron chi connectivity index (χ2n) is 7.10. The van der Waals surface area contributed by atoms with Crippen molar-refractivity contribution in [3.63, 3.8) is 0 Å². The predicted molar refractivity (Wildman–Crippen MR) is 107 cm³/mol. The monoisotopic (exact) mass is 362 g/mol. The van der Waals surface area contributed by atoms with Gasteiger partial charge in [0.1, 0.15) is 11.5 Å². The predicted octanol–water partition coefficient (Wildman–Crippen LogP) is 2.44. The number of rotatable bonds is 7. The Balaban J connectivity index is 1.88. The van der Waals surface area contributed by atoms with Crippen LogP contribution in [-0.2, 0) is 6.54 Å². The zero-order valence-electron chi connectivity index (χ0n) is 16.9. The number of aliphatic imine (C=N–C) groups is 1. The zero-order valence-corrected chi connectivity index (χ0v) is 16.9. The highest BCUT2D eigenvalue weighted by Gasteiger charge is 2.20. The van der Waals surface area contributed by atoms with Gasteiger partial charge in [0.25, 0.3) is 0 Å². The summed E-state index contributed by atoms with van der Waals surface area (Å²) >= 11 is 0. The summed E-state index contributed by atoms with van der Waals surface area (Å²) in [4.78, 5) is 9.24. The van der Waals surface area contributed by atoms with Crippen molar-refractivity contribution >= 4 is 5.96 Å². The molecule has 0 amide bonds. The van der Waals surface area contributed by atoms with Crippen LogP contribution in [0.4, 0.5) is 0 Å². The Morgan fingerprint density at radius 1 is 1.15 bits per heavy atom. The molecule has 1 aromatic rings. The average Bonchev–Trinajstić information content (AvgIpc) is 2.66. The minimum atomic E-state index is 0.704. The fourth-order valence-corrected chi connectivity index (χ4v) is 3.17. The normalized spacial score (nSPS) is 16.1. The fraction of sp³-hybridized carbons (Fsp3) is 0.650. The van der Waals surface area contributed by atoms with Gasteiger partial charge in [-0.2, -0.15) is 0 Å². The third kappa shape index (κ3) is 5.80. The summed E-state index contributed by atoms with van der Waals surface area (Å²) in [5, 5.41) is 3.49. The molecule has 2 rings (SSSR count). The summed E-state index contributed by atoms with van der Waals surface area (Å²) in [5.41, 5.74) is 1.17. The fourth-order valence-electron chi connectivity index (χ4n) is 3.17. The van der Waals surface area contributed by atoms with Gasteiger partial charge in [-0.25, -0.2) is 0 Å². The molecule has 146 valence electrons. The second-order valence-corrected chi connectivity index (χ2v) is 7.10. The Kier molecular flexibility index (Phi) is 8.04. The standard InChI is InChI=1S/C20H34N4O2/c1-16(2)8-9-22-20(21-3)24-12-10-23(11-13-24)15-17-14-18(25-4)6-7-19(17)26-5/h6-7,14,16H,8-13,15H2,1-5H3,(H,21,22). The minimum absolute atomic E-state index is 0.704. The lowest BCUT2D eigenvalue weighted by Crippen LogP contribution is -2.52. The van der Waals surface area contributed by atoms with Crippen LogP contribution in [0.5, 0.6) is 11.5 Å². The van der Waals surface area contributed by atoms with Crippen molar-refractivity contribution in [1.29, 1.82) is 0 Å². The van der Waals surface area contributed by atoms with E-state index in [-0.39, 0.29) is 0 Å². The molecule has 1 aliphatic rings. The van der Waals surface area contributed by atoms with Gasteiger partial charge in [0.05, 0.1) is 14.2 Å². The van der Waals surface area contributed by atoms with E-state index in [0.29, 0.717) is 5.92 Å². The Bertz CT molecular complexity index is 581. The number of hydrogen-bond donors (Lipinski definition) is 1. The maximum absolute atomic E-state index is 5.50. The maximum Gasteiger partial charge on any atom is 0.193 e. The molecule has 0 aliphatic carbocycles. The molecule has 0 unspecified atom stereocenters. The first-order valence-corrected chi connectivity index (χ1v) is 9.46. The van der Waals surface area contributed by atoms with Crippen molar-refractivity contribution < 1.29 is 9.47 Å². The lowest BCUT2D eigenvalue weighted by Gasteiger charge is -2.36. The molecule has 6 nitrogen and oxygen atoms in total. The van der Waals surface area contributed by atoms with Gasteiger partial charge in [0, 0.05) is 51.9 Å². The van der Waals surface area contributed by atoms with Crippen molar-refractivity contribution in [3.05, 3.63) is 23.8 Å². The molecule has 1 aliphatic heterocycles. The van der Waals surface area contributed by atoms with E-state index in [2.05, 4.69) is 40.0 Å². The molecule has 0 saturated carbocycles. The van der Waals surface area contributed by atoms with Crippen LogP contribution in [0.2, 0.25) is 0 Å². The lowest BCUT2D eigenvalue weighted by molar-refractivity contribution is 0.171. The summed E-state index contributed by atoms with van der Waals surface area (Å²) in [5.74, 6) is 3.51. The Labute approximate surface area is 158 Å². The van der Waals surface area contributed by atoms with E-state index in [1.165, 1.54) is 5.56 Å². The van der Waals surface area contributed by atoms with Crippen molar-refractivity contribution in [2.24, 2.45) is 10.9 Å². The van der Waals surface area contributed by atoms with E-state index in [9.17, 15) is 0 Å². The van der Waals surface area contributed by atoms with Crippen LogP contribution < -0.4 is 14.8 Å². The van der Waals surface area contributed by atoms with Crippen molar-refractivity contribution in [3.8, 4) is 11.5 Å². The maximum atomic E-state index is 5.50. The van der Waals surface area contributed by atoms with E-state index < -0.39 is 0 Å². The van der Waals surface area contributed by atoms with Crippen LogP contribution in [0.3, 0.4) is 0 Å². The van der Waals surface area contributed by atoms with E-state index in [4.69, 9.17) is 9.47 Å². The number of nitrogens with zero attached hydrogens (tertiary/aromatic N) is 3. The number of nitrogens with one attached hydrogen (secondary N) is 1. The lowest BCUT2D eigenvalue weighted by atomic mass is 10.1. The van der Waals surface area contributed by atoms with Crippen LogP contribution in [0.25, 0.3) is 0 Å². The topological polar surface area (TPSA) is 49.3 Å². The van der Waals surface area contributed by atoms with Gasteiger partial charge in [0.2, 0.25) is 0 Å². The van der Waals surface area contributed by atoms with Crippen LogP contribution in [0, 0.1) is 5.92 Å². The molecule has 1 heterocycles. The van der Waals surface area contributed by atoms with Gasteiger partial charge < -0.3 is 19.7 Å². The minimum Gasteiger partial charge on any atom is -0.497 e. The molecule has 0 radical (unpaired) electrons. The quantitative estimate of drug-likeness (QED) is 0.596. The second kappa shape index (κ2) is 10.3. The van der Waals surface area contributed by atoms with Crippen LogP contribution in [-0.4, -0.2) is 69.8 Å². The number of piperazine rings is 1. The first-order chi connectivity index (χ1) is 12.6. The van der Waals surface area contributed by atoms with E-state index in [1.54, 1.807) is 14.2 Å². The first kappa shape index (κ1) is 20.4. The van der Waals surface area contributed by atoms with Crippen molar-refractivity contribution in [1.82, 2.24) is 15.1 Å². The highest BCUT2D eigenvalue weighted by Crippen LogP contribution is 2.25. The summed E-state index contributed by atoms with van der Waals surface area (Å²) in [6.07, 6.45) is 1.16. The summed E-state index contributed by atoms with van der Waals surface area (Å²) < 4.78 is 10.9. The largest absolute Gasteiger partial charge is 0.497 e. The van der Waals surface area contributed by atoms with Crippen molar-refractivity contribution in [2.45, 2.75) is 26.8 Å². The molecule has 1 fully saturated rings. The third-order valence-corrected chi connectivity index (χ3v) is 4.77. The molecular formula is C20H34N4O2. The molecule has 0 bridgehead atoms. The average molecular weight is 363 g/mol. The van der Waals surface area contributed by atoms with Gasteiger partial charge >= 0.3 is 0 Å². The molecule has 1 saturated heterocycles. The first-order valence-electron chi connectivity index (χ1n) is 9.46. The SMILES string of the molecule is CN=C(NCCC(C)C)N1CCN(Cc2cc(OC)ccc2OC)CC1. The van der Waals surface area contributed by atoms with Gasteiger partial charge in [0.15, 0.2) is 5.96 Å². The number of guanidine groups is 1. The molecule has 26 heavy (non-hydrogen) atoms. The van der Waals surface area contributed by atoms with Gasteiger partial charge in [-0.3, -0.25) is 9.89 Å². The van der Waals surface area contributed by atoms with Gasteiger partial charge in [-0.05, 0) is 30.5 Å². The molecule has 1 N–H and O–H groups in total. The molecule has 0 spiro atoms. The zero-order chi connectivity index (χ0) is 18.9. The van der Waals surface area contributed by atoms with Gasteiger partial charge in [-0.1, -0.05) is 13.8 Å². The number of hydrogen-bond acceptors (Lipinski definition) is 4. The number of methoxy groups -OCH3 is 2. The molecule has 0 aromatic heterocycles. The molecule has 6 heteroatoms. The highest BCUT2D eigenvalue weighted by molar-refractivity contribution is 5.79. The highest BCUT2D eigenvalue weighted by atomic mass is 16.5. The Morgan fingerprint density at radius 2 is 1.88 bits per heavy atom. The molecular weight excluding hydrogens is 328 g/mol. The van der Waals surface area contributed by atoms with E-state index in [1.807, 2.05) is 19.2 Å². The van der Waals surface area contributed by atoms with Gasteiger partial charge in [-0.15, -0.1) is 0 Å². The van der Waals surface area contributed by atoms with E-state index >= 15 is 0 Å². The van der Waals surface area contributed by atoms with E-state index in [0.717, 1.165) is 63.1 Å². The summed E-state index contributed by atoms with van der Waals surface area (Å²) in [6.45, 7) is 10.3. The summed E-state index contributed by atoms with van der Waals surface area (Å²) in [6, 6.07) is 5.98. The van der Waals surface area contributed by atoms with Crippen LogP contribution in [0.1, 0.15) is 25.8 Å². The number of benzene rings is 1. The smallest absolute Gasteiger partial charge is 0.193 e. The molecule has 0 atom stereocenters. The number of ether oxygens (including phenoxy) is 2. The molecule has 1 aromatic carbocycles. The Morgan fingerprint density at radius 3 is 2.46 bits per heavy atom. The van der Waals surface area contributed by atoms with Crippen LogP contribution >= 0.6 is 0 Å². The Hall–Kier alpha value is -1.95. The van der Waals surface area contributed by atoms with Crippen molar-refractivity contribution in [2.75, 3.05) is 54.0 Å². The third-order valence-electron chi connectivity index (χ3n) is 4.77.